The van der Waals surface area contributed by atoms with Crippen LogP contribution in [0, 0.1) is 6.92 Å². The van der Waals surface area contributed by atoms with Crippen LogP contribution in [0.5, 0.6) is 5.75 Å². The van der Waals surface area contributed by atoms with Crippen molar-refractivity contribution in [2.45, 2.75) is 6.92 Å². The number of hydrogen-bond donors (Lipinski definition) is 1. The lowest BCUT2D eigenvalue weighted by atomic mass is 10.2. The van der Waals surface area contributed by atoms with Gasteiger partial charge in [-0.15, -0.1) is 0 Å². The minimum atomic E-state index is -0.309. The third-order valence-corrected chi connectivity index (χ3v) is 2.63. The van der Waals surface area contributed by atoms with Gasteiger partial charge in [0.1, 0.15) is 12.0 Å². The van der Waals surface area contributed by atoms with E-state index in [0.29, 0.717) is 16.6 Å². The van der Waals surface area contributed by atoms with Gasteiger partial charge in [-0.25, -0.2) is 0 Å². The molecule has 1 N–H and O–H groups in total. The fraction of sp³-hybridized carbons (Fsp3) is 0.167. The van der Waals surface area contributed by atoms with Crippen LogP contribution in [0.3, 0.4) is 0 Å². The van der Waals surface area contributed by atoms with Crippen LogP contribution in [-0.4, -0.2) is 17.7 Å². The molecule has 2 aromatic rings. The Morgan fingerprint density at radius 1 is 1.50 bits per heavy atom. The van der Waals surface area contributed by atoms with Crippen LogP contribution in [0.2, 0.25) is 5.02 Å². The molecule has 0 atom stereocenters. The highest BCUT2D eigenvalue weighted by molar-refractivity contribution is 6.31. The molecule has 0 saturated heterocycles. The number of nitrogens with zero attached hydrogens (tertiary/aromatic N) is 1. The lowest BCUT2D eigenvalue weighted by molar-refractivity contribution is -0.118. The molecule has 0 aliphatic heterocycles. The third kappa shape index (κ3) is 3.24. The number of carbonyl (C=O) groups is 1. The summed E-state index contributed by atoms with van der Waals surface area (Å²) in [4.78, 5) is 11.5. The maximum Gasteiger partial charge on any atom is 0.263 e. The van der Waals surface area contributed by atoms with Gasteiger partial charge in [0.2, 0.25) is 0 Å². The van der Waals surface area contributed by atoms with E-state index in [-0.39, 0.29) is 12.5 Å². The van der Waals surface area contributed by atoms with Crippen LogP contribution in [0.25, 0.3) is 0 Å². The highest BCUT2D eigenvalue weighted by Crippen LogP contribution is 2.20. The first-order chi connectivity index (χ1) is 8.65. The Labute approximate surface area is 109 Å². The Morgan fingerprint density at radius 2 is 2.33 bits per heavy atom. The molecule has 2 rings (SSSR count). The molecule has 0 radical (unpaired) electrons. The van der Waals surface area contributed by atoms with E-state index in [2.05, 4.69) is 15.0 Å². The second-order valence-corrected chi connectivity index (χ2v) is 4.04. The van der Waals surface area contributed by atoms with Gasteiger partial charge in [-0.05, 0) is 30.7 Å². The quantitative estimate of drug-likeness (QED) is 0.924. The van der Waals surface area contributed by atoms with Crippen LogP contribution in [-0.2, 0) is 4.79 Å². The zero-order valence-corrected chi connectivity index (χ0v) is 10.4. The standard InChI is InChI=1S/C12H11ClN2O3/c1-8-6-9(2-3-10(8)13)17-7-12(16)14-11-4-5-18-15-11/h2-6H,7H2,1H3,(H,14,15,16). The fourth-order valence-corrected chi connectivity index (χ4v) is 1.43. The zero-order valence-electron chi connectivity index (χ0n) is 9.64. The van der Waals surface area contributed by atoms with Crippen LogP contribution < -0.4 is 10.1 Å². The summed E-state index contributed by atoms with van der Waals surface area (Å²) in [5, 5.41) is 6.74. The second kappa shape index (κ2) is 5.55. The number of hydrogen-bond acceptors (Lipinski definition) is 4. The van der Waals surface area contributed by atoms with Crippen molar-refractivity contribution in [1.82, 2.24) is 5.16 Å². The molecule has 0 fully saturated rings. The number of rotatable bonds is 4. The summed E-state index contributed by atoms with van der Waals surface area (Å²) in [6, 6.07) is 6.75. The van der Waals surface area contributed by atoms with E-state index < -0.39 is 0 Å². The molecule has 1 aromatic heterocycles. The van der Waals surface area contributed by atoms with Crippen molar-refractivity contribution in [2.24, 2.45) is 0 Å². The van der Waals surface area contributed by atoms with Crippen LogP contribution in [0.15, 0.2) is 35.1 Å². The van der Waals surface area contributed by atoms with E-state index in [0.717, 1.165) is 5.56 Å². The van der Waals surface area contributed by atoms with Gasteiger partial charge in [0.15, 0.2) is 12.4 Å². The number of carbonyl (C=O) groups excluding carboxylic acids is 1. The molecule has 18 heavy (non-hydrogen) atoms. The van der Waals surface area contributed by atoms with E-state index in [1.165, 1.54) is 6.26 Å². The Morgan fingerprint density at radius 3 is 3.00 bits per heavy atom. The number of halogens is 1. The Hall–Kier alpha value is -2.01. The molecule has 0 aliphatic rings. The van der Waals surface area contributed by atoms with Gasteiger partial charge in [-0.1, -0.05) is 16.8 Å². The van der Waals surface area contributed by atoms with Crippen LogP contribution in [0.4, 0.5) is 5.82 Å². The van der Waals surface area contributed by atoms with Crippen molar-refractivity contribution in [2.75, 3.05) is 11.9 Å². The minimum Gasteiger partial charge on any atom is -0.484 e. The minimum absolute atomic E-state index is 0.103. The van der Waals surface area contributed by atoms with Crippen molar-refractivity contribution in [3.8, 4) is 5.75 Å². The average molecular weight is 267 g/mol. The summed E-state index contributed by atoms with van der Waals surface area (Å²) in [6.07, 6.45) is 1.37. The largest absolute Gasteiger partial charge is 0.484 e. The van der Waals surface area contributed by atoms with Gasteiger partial charge < -0.3 is 14.6 Å². The summed E-state index contributed by atoms with van der Waals surface area (Å²) in [5.41, 5.74) is 0.895. The number of anilines is 1. The molecule has 1 amide bonds. The van der Waals surface area contributed by atoms with Crippen LogP contribution in [0.1, 0.15) is 5.56 Å². The van der Waals surface area contributed by atoms with Crippen molar-refractivity contribution >= 4 is 23.3 Å². The molecule has 0 saturated carbocycles. The molecular formula is C12H11ClN2O3. The molecule has 5 nitrogen and oxygen atoms in total. The summed E-state index contributed by atoms with van der Waals surface area (Å²) >= 11 is 5.88. The predicted molar refractivity (Wildman–Crippen MR) is 66.8 cm³/mol. The van der Waals surface area contributed by atoms with Gasteiger partial charge in [0, 0.05) is 11.1 Å². The average Bonchev–Trinajstić information content (AvgIpc) is 2.83. The zero-order chi connectivity index (χ0) is 13.0. The van der Waals surface area contributed by atoms with Crippen molar-refractivity contribution in [1.29, 1.82) is 0 Å². The smallest absolute Gasteiger partial charge is 0.263 e. The molecule has 6 heteroatoms. The monoisotopic (exact) mass is 266 g/mol. The summed E-state index contributed by atoms with van der Waals surface area (Å²) in [7, 11) is 0. The van der Waals surface area contributed by atoms with E-state index in [9.17, 15) is 4.79 Å². The van der Waals surface area contributed by atoms with E-state index >= 15 is 0 Å². The third-order valence-electron chi connectivity index (χ3n) is 2.20. The molecule has 0 aliphatic carbocycles. The fourth-order valence-electron chi connectivity index (χ4n) is 1.31. The number of amides is 1. The molecule has 1 heterocycles. The lowest BCUT2D eigenvalue weighted by Crippen LogP contribution is -2.20. The molecule has 94 valence electrons. The van der Waals surface area contributed by atoms with Gasteiger partial charge >= 0.3 is 0 Å². The first-order valence-corrected chi connectivity index (χ1v) is 5.62. The number of ether oxygens (including phenoxy) is 1. The SMILES string of the molecule is Cc1cc(OCC(=O)Nc2ccon2)ccc1Cl. The summed E-state index contributed by atoms with van der Waals surface area (Å²) in [5.74, 6) is 0.639. The number of benzene rings is 1. The van der Waals surface area contributed by atoms with Gasteiger partial charge in [-0.2, -0.15) is 0 Å². The van der Waals surface area contributed by atoms with Gasteiger partial charge in [0.25, 0.3) is 5.91 Å². The summed E-state index contributed by atoms with van der Waals surface area (Å²) < 4.78 is 9.91. The first-order valence-electron chi connectivity index (χ1n) is 5.24. The highest BCUT2D eigenvalue weighted by atomic mass is 35.5. The summed E-state index contributed by atoms with van der Waals surface area (Å²) in [6.45, 7) is 1.76. The number of aromatic nitrogens is 1. The van der Waals surface area contributed by atoms with Gasteiger partial charge in [-0.3, -0.25) is 4.79 Å². The molecule has 1 aromatic carbocycles. The topological polar surface area (TPSA) is 64.4 Å². The molecule has 0 bridgehead atoms. The Bertz CT molecular complexity index is 540. The maximum absolute atomic E-state index is 11.5. The van der Waals surface area contributed by atoms with Crippen LogP contribution >= 0.6 is 11.6 Å². The van der Waals surface area contributed by atoms with E-state index in [4.69, 9.17) is 16.3 Å². The molecule has 0 spiro atoms. The maximum atomic E-state index is 11.5. The lowest BCUT2D eigenvalue weighted by Gasteiger charge is -2.07. The van der Waals surface area contributed by atoms with Crippen molar-refractivity contribution < 1.29 is 14.1 Å². The number of nitrogens with one attached hydrogen (secondary N) is 1. The highest BCUT2D eigenvalue weighted by Gasteiger charge is 2.06. The first kappa shape index (κ1) is 12.4. The normalized spacial score (nSPS) is 10.1. The number of aryl methyl sites for hydroxylation is 1. The van der Waals surface area contributed by atoms with Gasteiger partial charge in [0.05, 0.1) is 0 Å². The van der Waals surface area contributed by atoms with E-state index in [1.54, 1.807) is 24.3 Å². The Balaban J connectivity index is 1.87. The second-order valence-electron chi connectivity index (χ2n) is 3.63. The molecular weight excluding hydrogens is 256 g/mol. The van der Waals surface area contributed by atoms with Crippen molar-refractivity contribution in [3.63, 3.8) is 0 Å². The van der Waals surface area contributed by atoms with E-state index in [1.807, 2.05) is 6.92 Å². The predicted octanol–water partition coefficient (Wildman–Crippen LogP) is 2.65. The Kier molecular flexibility index (Phi) is 3.84. The molecule has 0 unspecified atom stereocenters. The van der Waals surface area contributed by atoms with Crippen molar-refractivity contribution in [3.05, 3.63) is 41.1 Å².